The van der Waals surface area contributed by atoms with Crippen LogP contribution in [0.15, 0.2) is 24.5 Å². The molecule has 160 valence electrons. The summed E-state index contributed by atoms with van der Waals surface area (Å²) in [6, 6.07) is 2.86. The Kier molecular flexibility index (Phi) is 4.54. The van der Waals surface area contributed by atoms with Gasteiger partial charge in [0, 0.05) is 43.9 Å². The van der Waals surface area contributed by atoms with E-state index in [-0.39, 0.29) is 34.2 Å². The Morgan fingerprint density at radius 1 is 1.17 bits per heavy atom. The van der Waals surface area contributed by atoms with Gasteiger partial charge in [-0.25, -0.2) is 0 Å². The van der Waals surface area contributed by atoms with Crippen LogP contribution in [0.1, 0.15) is 44.1 Å². The molecule has 5 nitrogen and oxygen atoms in total. The predicted octanol–water partition coefficient (Wildman–Crippen LogP) is 3.95. The van der Waals surface area contributed by atoms with Crippen molar-refractivity contribution < 1.29 is 18.0 Å². The van der Waals surface area contributed by atoms with Gasteiger partial charge in [-0.1, -0.05) is 0 Å². The molecule has 1 unspecified atom stereocenters. The molecule has 2 aliphatic carbocycles. The summed E-state index contributed by atoms with van der Waals surface area (Å²) in [6.45, 7) is 1.23. The lowest BCUT2D eigenvalue weighted by Crippen LogP contribution is -2.36. The zero-order chi connectivity index (χ0) is 21.1. The summed E-state index contributed by atoms with van der Waals surface area (Å²) in [6.07, 6.45) is 3.69. The Hall–Kier alpha value is -2.22. The fourth-order valence-electron chi connectivity index (χ4n) is 5.33. The average molecular weight is 418 g/mol. The number of aromatic nitrogens is 2. The van der Waals surface area contributed by atoms with Crippen molar-refractivity contribution in [2.24, 2.45) is 23.0 Å². The molecule has 0 amide bonds. The number of anilines is 1. The second kappa shape index (κ2) is 6.90. The molecule has 30 heavy (non-hydrogen) atoms. The Morgan fingerprint density at radius 3 is 2.50 bits per heavy atom. The Bertz CT molecular complexity index is 982. The number of hydrogen-bond acceptors (Lipinski definition) is 5. The molecule has 2 N–H and O–H groups in total. The Labute approximate surface area is 172 Å². The van der Waals surface area contributed by atoms with Crippen LogP contribution < -0.4 is 10.6 Å². The fourth-order valence-corrected chi connectivity index (χ4v) is 5.33. The molecule has 3 aliphatic rings. The van der Waals surface area contributed by atoms with Gasteiger partial charge in [-0.15, -0.1) is 0 Å². The number of halogens is 3. The second-order valence-corrected chi connectivity index (χ2v) is 9.28. The largest absolute Gasteiger partial charge is 0.418 e. The zero-order valence-electron chi connectivity index (χ0n) is 16.7. The van der Waals surface area contributed by atoms with Gasteiger partial charge in [0.25, 0.3) is 0 Å². The summed E-state index contributed by atoms with van der Waals surface area (Å²) < 4.78 is 40.2. The molecule has 1 saturated heterocycles. The maximum Gasteiger partial charge on any atom is 0.418 e. The molecule has 2 saturated carbocycles. The number of carbonyl (C=O) groups is 1. The van der Waals surface area contributed by atoms with E-state index in [9.17, 15) is 18.0 Å². The minimum atomic E-state index is -4.49. The molecule has 8 heteroatoms. The van der Waals surface area contributed by atoms with Crippen molar-refractivity contribution in [3.63, 3.8) is 0 Å². The minimum absolute atomic E-state index is 0.0235. The summed E-state index contributed by atoms with van der Waals surface area (Å²) >= 11 is 0. The van der Waals surface area contributed by atoms with Crippen LogP contribution in [0, 0.1) is 17.3 Å². The van der Waals surface area contributed by atoms with Crippen molar-refractivity contribution >= 4 is 22.5 Å². The number of benzene rings is 1. The number of hydrogen-bond donors (Lipinski definition) is 1. The molecule has 3 fully saturated rings. The van der Waals surface area contributed by atoms with Gasteiger partial charge in [-0.3, -0.25) is 14.8 Å². The first-order valence-electron chi connectivity index (χ1n) is 10.6. The fraction of sp³-hybridized carbons (Fsp3) is 0.591. The summed E-state index contributed by atoms with van der Waals surface area (Å²) in [7, 11) is 0. The van der Waals surface area contributed by atoms with Crippen LogP contribution >= 0.6 is 0 Å². The lowest BCUT2D eigenvalue weighted by atomic mass is 9.76. The van der Waals surface area contributed by atoms with Gasteiger partial charge >= 0.3 is 6.18 Å². The third-order valence-electron chi connectivity index (χ3n) is 7.25. The highest BCUT2D eigenvalue weighted by molar-refractivity contribution is 5.92. The van der Waals surface area contributed by atoms with E-state index in [0.717, 1.165) is 38.2 Å². The molecule has 0 bridgehead atoms. The van der Waals surface area contributed by atoms with Crippen LogP contribution in [0.3, 0.4) is 0 Å². The molecule has 1 atom stereocenters. The highest BCUT2D eigenvalue weighted by Crippen LogP contribution is 2.58. The smallest absolute Gasteiger partial charge is 0.368 e. The number of ketones is 1. The summed E-state index contributed by atoms with van der Waals surface area (Å²) in [5.41, 5.74) is 5.79. The number of fused-ring (bicyclic) bond motifs is 1. The SMILES string of the molecule is NC1CC(CCC(=O)C2CN(c3ccc(C(F)(F)F)c4nccnc34)CC23CC3)C1. The van der Waals surface area contributed by atoms with Crippen molar-refractivity contribution in [3.05, 3.63) is 30.1 Å². The highest BCUT2D eigenvalue weighted by Gasteiger charge is 2.57. The quantitative estimate of drug-likeness (QED) is 0.796. The van der Waals surface area contributed by atoms with E-state index in [1.165, 1.54) is 18.5 Å². The number of Topliss-reactive ketones (excluding diaryl/α,β-unsaturated/α-hetero) is 1. The molecule has 1 aliphatic heterocycles. The summed E-state index contributed by atoms with van der Waals surface area (Å²) in [4.78, 5) is 23.3. The number of nitrogens with zero attached hydrogens (tertiary/aromatic N) is 3. The van der Waals surface area contributed by atoms with Crippen molar-refractivity contribution in [2.75, 3.05) is 18.0 Å². The van der Waals surface area contributed by atoms with Crippen molar-refractivity contribution in [1.82, 2.24) is 9.97 Å². The monoisotopic (exact) mass is 418 g/mol. The van der Waals surface area contributed by atoms with Crippen LogP contribution in [0.5, 0.6) is 0 Å². The molecule has 5 rings (SSSR count). The molecular weight excluding hydrogens is 393 g/mol. The van der Waals surface area contributed by atoms with E-state index >= 15 is 0 Å². The molecule has 1 aromatic carbocycles. The molecular formula is C22H25F3N4O. The minimum Gasteiger partial charge on any atom is -0.368 e. The van der Waals surface area contributed by atoms with E-state index in [2.05, 4.69) is 9.97 Å². The van der Waals surface area contributed by atoms with Gasteiger partial charge in [0.05, 0.1) is 11.3 Å². The standard InChI is InChI=1S/C22H25F3N4O/c23-22(24,25)15-2-3-17(20-19(15)27-7-8-28-20)29-11-16(21(12-29)5-6-21)18(30)4-1-13-9-14(26)10-13/h2-3,7-8,13-14,16H,1,4-6,9-12,26H2. The average Bonchev–Trinajstić information content (AvgIpc) is 3.35. The van der Waals surface area contributed by atoms with E-state index in [1.807, 2.05) is 4.90 Å². The van der Waals surface area contributed by atoms with E-state index in [4.69, 9.17) is 5.73 Å². The summed E-state index contributed by atoms with van der Waals surface area (Å²) in [5.74, 6) is 0.795. The van der Waals surface area contributed by atoms with Gasteiger partial charge in [0.1, 0.15) is 16.8 Å². The number of carbonyl (C=O) groups excluding carboxylic acids is 1. The third kappa shape index (κ3) is 3.35. The van der Waals surface area contributed by atoms with Gasteiger partial charge in [-0.2, -0.15) is 13.2 Å². The molecule has 2 aromatic rings. The van der Waals surface area contributed by atoms with Gasteiger partial charge in [0.15, 0.2) is 0 Å². The van der Waals surface area contributed by atoms with Gasteiger partial charge in [-0.05, 0) is 55.6 Å². The van der Waals surface area contributed by atoms with Crippen molar-refractivity contribution in [1.29, 1.82) is 0 Å². The van der Waals surface area contributed by atoms with E-state index < -0.39 is 11.7 Å². The maximum absolute atomic E-state index is 13.4. The highest BCUT2D eigenvalue weighted by atomic mass is 19.4. The number of nitrogens with two attached hydrogens (primary N) is 1. The Morgan fingerprint density at radius 2 is 1.87 bits per heavy atom. The third-order valence-corrected chi connectivity index (χ3v) is 7.25. The van der Waals surface area contributed by atoms with Crippen LogP contribution in [-0.4, -0.2) is 34.9 Å². The van der Waals surface area contributed by atoms with Crippen LogP contribution in [-0.2, 0) is 11.0 Å². The normalized spacial score (nSPS) is 27.5. The number of alkyl halides is 3. The second-order valence-electron chi connectivity index (χ2n) is 9.28. The first-order valence-corrected chi connectivity index (χ1v) is 10.6. The lowest BCUT2D eigenvalue weighted by molar-refractivity contribution is -0.136. The van der Waals surface area contributed by atoms with Crippen LogP contribution in [0.2, 0.25) is 0 Å². The van der Waals surface area contributed by atoms with Gasteiger partial charge < -0.3 is 10.6 Å². The van der Waals surface area contributed by atoms with Crippen LogP contribution in [0.25, 0.3) is 11.0 Å². The lowest BCUT2D eigenvalue weighted by Gasteiger charge is -2.32. The van der Waals surface area contributed by atoms with Crippen molar-refractivity contribution in [2.45, 2.75) is 50.7 Å². The number of rotatable bonds is 5. The Balaban J connectivity index is 1.38. The predicted molar refractivity (Wildman–Crippen MR) is 107 cm³/mol. The van der Waals surface area contributed by atoms with Crippen LogP contribution in [0.4, 0.5) is 18.9 Å². The topological polar surface area (TPSA) is 72.1 Å². The van der Waals surface area contributed by atoms with Crippen molar-refractivity contribution in [3.8, 4) is 0 Å². The molecule has 1 aromatic heterocycles. The first kappa shape index (κ1) is 19.7. The molecule has 0 radical (unpaired) electrons. The summed E-state index contributed by atoms with van der Waals surface area (Å²) in [5, 5.41) is 0. The first-order chi connectivity index (χ1) is 14.3. The molecule has 2 heterocycles. The molecule has 1 spiro atoms. The van der Waals surface area contributed by atoms with E-state index in [0.29, 0.717) is 31.1 Å². The van der Waals surface area contributed by atoms with Gasteiger partial charge in [0.2, 0.25) is 0 Å². The van der Waals surface area contributed by atoms with E-state index in [1.54, 1.807) is 0 Å². The zero-order valence-corrected chi connectivity index (χ0v) is 16.7. The maximum atomic E-state index is 13.4.